The number of fused-ring (bicyclic) bond motifs is 1. The molecule has 0 aliphatic carbocycles. The van der Waals surface area contributed by atoms with Gasteiger partial charge in [-0.05, 0) is 17.2 Å². The summed E-state index contributed by atoms with van der Waals surface area (Å²) in [4.78, 5) is 17.0. The van der Waals surface area contributed by atoms with Crippen LogP contribution in [0.15, 0.2) is 36.4 Å². The average molecular weight is 432 g/mol. The van der Waals surface area contributed by atoms with Crippen LogP contribution in [0.3, 0.4) is 0 Å². The van der Waals surface area contributed by atoms with Gasteiger partial charge in [0.05, 0.1) is 18.8 Å². The summed E-state index contributed by atoms with van der Waals surface area (Å²) in [5, 5.41) is 2.84. The van der Waals surface area contributed by atoms with Crippen molar-refractivity contribution in [1.82, 2.24) is 18.9 Å². The molecule has 1 aromatic heterocycles. The Kier molecular flexibility index (Phi) is 6.00. The Bertz CT molecular complexity index is 1020. The van der Waals surface area contributed by atoms with Gasteiger partial charge in [0, 0.05) is 44.8 Å². The number of nitrogens with two attached hydrogens (primary N) is 1. The fourth-order valence-electron chi connectivity index (χ4n) is 3.65. The summed E-state index contributed by atoms with van der Waals surface area (Å²) in [5.41, 5.74) is 8.70. The summed E-state index contributed by atoms with van der Waals surface area (Å²) in [6.45, 7) is 2.35. The molecule has 0 atom stereocenters. The number of nitrogen functional groups attached to an aromatic ring is 1. The fourth-order valence-corrected chi connectivity index (χ4v) is 5.22. The van der Waals surface area contributed by atoms with Crippen molar-refractivity contribution in [3.05, 3.63) is 58.8 Å². The highest BCUT2D eigenvalue weighted by molar-refractivity contribution is 7.86. The van der Waals surface area contributed by atoms with Gasteiger partial charge in [-0.25, -0.2) is 4.98 Å². The molecule has 2 aromatic rings. The Morgan fingerprint density at radius 1 is 1.13 bits per heavy atom. The maximum atomic E-state index is 13.0. The molecular formula is C20H25N5O4S. The Balaban J connectivity index is 1.50. The van der Waals surface area contributed by atoms with E-state index >= 15 is 0 Å². The van der Waals surface area contributed by atoms with Gasteiger partial charge in [-0.15, -0.1) is 0 Å². The number of anilines is 1. The Morgan fingerprint density at radius 2 is 1.87 bits per heavy atom. The van der Waals surface area contributed by atoms with Gasteiger partial charge in [0.1, 0.15) is 5.82 Å². The topological polar surface area (TPSA) is 118 Å². The van der Waals surface area contributed by atoms with Crippen molar-refractivity contribution >= 4 is 21.9 Å². The van der Waals surface area contributed by atoms with E-state index in [0.717, 1.165) is 11.3 Å². The molecule has 9 nitrogen and oxygen atoms in total. The molecule has 3 heterocycles. The van der Waals surface area contributed by atoms with Crippen LogP contribution >= 0.6 is 0 Å². The quantitative estimate of drug-likeness (QED) is 0.713. The molecule has 1 amide bonds. The lowest BCUT2D eigenvalue weighted by atomic mass is 10.0. The zero-order chi connectivity index (χ0) is 21.1. The first kappa shape index (κ1) is 20.7. The highest BCUT2D eigenvalue weighted by atomic mass is 32.2. The molecule has 4 rings (SSSR count). The molecular weight excluding hydrogens is 406 g/mol. The van der Waals surface area contributed by atoms with Crippen molar-refractivity contribution in [2.75, 3.05) is 38.6 Å². The standard InChI is InChI=1S/C20H25N5O4S/c21-19-17(20(26)22-13-15-4-2-1-3-5-15)12-16-14-25(7-6-18(16)23-19)30(27,28)24-8-10-29-11-9-24/h1-5,12H,6-11,13-14H2,(H2,21,23)(H,22,26). The summed E-state index contributed by atoms with van der Waals surface area (Å²) in [6.07, 6.45) is 0.453. The second-order valence-electron chi connectivity index (χ2n) is 7.30. The highest BCUT2D eigenvalue weighted by Crippen LogP contribution is 2.25. The van der Waals surface area contributed by atoms with Gasteiger partial charge in [0.2, 0.25) is 0 Å². The van der Waals surface area contributed by atoms with Crippen molar-refractivity contribution in [1.29, 1.82) is 0 Å². The van der Waals surface area contributed by atoms with Gasteiger partial charge < -0.3 is 15.8 Å². The van der Waals surface area contributed by atoms with Crippen molar-refractivity contribution in [2.45, 2.75) is 19.5 Å². The van der Waals surface area contributed by atoms with Crippen LogP contribution in [0.1, 0.15) is 27.2 Å². The number of hydrogen-bond donors (Lipinski definition) is 2. The van der Waals surface area contributed by atoms with E-state index in [1.165, 1.54) is 8.61 Å². The van der Waals surface area contributed by atoms with Gasteiger partial charge in [-0.1, -0.05) is 30.3 Å². The molecule has 0 saturated carbocycles. The van der Waals surface area contributed by atoms with E-state index < -0.39 is 10.2 Å². The number of hydrogen-bond acceptors (Lipinski definition) is 6. The number of pyridine rings is 1. The minimum atomic E-state index is -3.59. The van der Waals surface area contributed by atoms with E-state index in [9.17, 15) is 13.2 Å². The van der Waals surface area contributed by atoms with Crippen LogP contribution in [0.2, 0.25) is 0 Å². The van der Waals surface area contributed by atoms with Gasteiger partial charge in [-0.3, -0.25) is 4.79 Å². The molecule has 1 fully saturated rings. The third kappa shape index (κ3) is 4.31. The largest absolute Gasteiger partial charge is 0.383 e. The minimum absolute atomic E-state index is 0.156. The molecule has 0 unspecified atom stereocenters. The van der Waals surface area contributed by atoms with Gasteiger partial charge in [-0.2, -0.15) is 17.0 Å². The number of nitrogens with one attached hydrogen (secondary N) is 1. The van der Waals surface area contributed by atoms with E-state index in [2.05, 4.69) is 10.3 Å². The van der Waals surface area contributed by atoms with Crippen LogP contribution in [0, 0.1) is 0 Å². The number of rotatable bonds is 5. The van der Waals surface area contributed by atoms with Crippen LogP contribution in [-0.2, 0) is 34.5 Å². The van der Waals surface area contributed by atoms with Crippen LogP contribution < -0.4 is 11.1 Å². The van der Waals surface area contributed by atoms with Crippen molar-refractivity contribution < 1.29 is 17.9 Å². The van der Waals surface area contributed by atoms with E-state index in [4.69, 9.17) is 10.5 Å². The highest BCUT2D eigenvalue weighted by Gasteiger charge is 2.34. The molecule has 0 spiro atoms. The maximum Gasteiger partial charge on any atom is 0.282 e. The molecule has 10 heteroatoms. The number of nitrogens with zero attached hydrogens (tertiary/aromatic N) is 3. The molecule has 0 radical (unpaired) electrons. The smallest absolute Gasteiger partial charge is 0.282 e. The van der Waals surface area contributed by atoms with E-state index in [1.807, 2.05) is 30.3 Å². The molecule has 0 bridgehead atoms. The first-order valence-electron chi connectivity index (χ1n) is 9.88. The molecule has 1 saturated heterocycles. The summed E-state index contributed by atoms with van der Waals surface area (Å²) >= 11 is 0. The SMILES string of the molecule is Nc1nc2c(cc1C(=O)NCc1ccccc1)CN(S(=O)(=O)N1CCOCC1)CC2. The van der Waals surface area contributed by atoms with Crippen molar-refractivity contribution in [3.8, 4) is 0 Å². The normalized spacial score (nSPS) is 18.0. The molecule has 2 aliphatic heterocycles. The molecule has 2 aliphatic rings. The number of ether oxygens (including phenoxy) is 1. The molecule has 1 aromatic carbocycles. The Labute approximate surface area is 176 Å². The zero-order valence-corrected chi connectivity index (χ0v) is 17.4. The number of morpholine rings is 1. The lowest BCUT2D eigenvalue weighted by Crippen LogP contribution is -2.49. The van der Waals surface area contributed by atoms with Crippen LogP contribution in [-0.4, -0.2) is 60.8 Å². The lowest BCUT2D eigenvalue weighted by molar-refractivity contribution is 0.0698. The van der Waals surface area contributed by atoms with E-state index in [1.54, 1.807) is 6.07 Å². The monoisotopic (exact) mass is 431 g/mol. The van der Waals surface area contributed by atoms with Crippen LogP contribution in [0.5, 0.6) is 0 Å². The van der Waals surface area contributed by atoms with Gasteiger partial charge in [0.15, 0.2) is 0 Å². The first-order chi connectivity index (χ1) is 14.4. The van der Waals surface area contributed by atoms with Crippen LogP contribution in [0.4, 0.5) is 5.82 Å². The van der Waals surface area contributed by atoms with Gasteiger partial charge >= 0.3 is 0 Å². The Morgan fingerprint density at radius 3 is 2.60 bits per heavy atom. The zero-order valence-electron chi connectivity index (χ0n) is 16.6. The third-order valence-electron chi connectivity index (χ3n) is 5.33. The first-order valence-corrected chi connectivity index (χ1v) is 11.3. The molecule has 30 heavy (non-hydrogen) atoms. The lowest BCUT2D eigenvalue weighted by Gasteiger charge is -2.34. The Hall–Kier alpha value is -2.53. The number of carbonyl (C=O) groups is 1. The summed E-state index contributed by atoms with van der Waals surface area (Å²) < 4.78 is 34.1. The van der Waals surface area contributed by atoms with Crippen LogP contribution in [0.25, 0.3) is 0 Å². The summed E-state index contributed by atoms with van der Waals surface area (Å²) in [6, 6.07) is 11.2. The third-order valence-corrected chi connectivity index (χ3v) is 7.31. The molecule has 160 valence electrons. The van der Waals surface area contributed by atoms with Crippen molar-refractivity contribution in [3.63, 3.8) is 0 Å². The second-order valence-corrected chi connectivity index (χ2v) is 9.23. The van der Waals surface area contributed by atoms with Gasteiger partial charge in [0.25, 0.3) is 16.1 Å². The second kappa shape index (κ2) is 8.68. The minimum Gasteiger partial charge on any atom is -0.383 e. The summed E-state index contributed by atoms with van der Waals surface area (Å²) in [7, 11) is -3.59. The average Bonchev–Trinajstić information content (AvgIpc) is 2.78. The predicted molar refractivity (Wildman–Crippen MR) is 112 cm³/mol. The fraction of sp³-hybridized carbons (Fsp3) is 0.400. The van der Waals surface area contributed by atoms with E-state index in [-0.39, 0.29) is 23.8 Å². The number of carbonyl (C=O) groups excluding carboxylic acids is 1. The molecule has 3 N–H and O–H groups in total. The van der Waals surface area contributed by atoms with E-state index in [0.29, 0.717) is 51.4 Å². The number of amides is 1. The number of aromatic nitrogens is 1. The summed E-state index contributed by atoms with van der Waals surface area (Å²) in [5.74, 6) is -0.177. The number of benzene rings is 1. The van der Waals surface area contributed by atoms with Crippen molar-refractivity contribution in [2.24, 2.45) is 0 Å². The predicted octanol–water partition coefficient (Wildman–Crippen LogP) is 0.529. The maximum absolute atomic E-state index is 13.0.